The molecule has 0 spiro atoms. The Labute approximate surface area is 204 Å². The number of anilines is 1. The number of ether oxygens (including phenoxy) is 3. The highest BCUT2D eigenvalue weighted by Crippen LogP contribution is 2.49. The molecular weight excluding hydrogens is 444 g/mol. The molecule has 0 fully saturated rings. The molecule has 180 valence electrons. The molecule has 2 amide bonds. The van der Waals surface area contributed by atoms with Crippen LogP contribution in [0.4, 0.5) is 5.69 Å². The lowest BCUT2D eigenvalue weighted by Gasteiger charge is -2.45. The van der Waals surface area contributed by atoms with Crippen LogP contribution in [0.25, 0.3) is 0 Å². The van der Waals surface area contributed by atoms with E-state index in [4.69, 9.17) is 14.2 Å². The molecule has 35 heavy (non-hydrogen) atoms. The van der Waals surface area contributed by atoms with Crippen LogP contribution >= 0.6 is 0 Å². The third kappa shape index (κ3) is 3.77. The van der Waals surface area contributed by atoms with E-state index >= 15 is 0 Å². The van der Waals surface area contributed by atoms with Crippen LogP contribution < -0.4 is 19.5 Å². The Morgan fingerprint density at radius 3 is 2.37 bits per heavy atom. The maximum Gasteiger partial charge on any atom is 0.254 e. The number of methoxy groups -OCH3 is 3. The predicted molar refractivity (Wildman–Crippen MR) is 133 cm³/mol. The summed E-state index contributed by atoms with van der Waals surface area (Å²) in [5.74, 6) is 0.509. The minimum absolute atomic E-state index is 0.113. The van der Waals surface area contributed by atoms with E-state index in [9.17, 15) is 9.59 Å². The number of amides is 2. The normalized spacial score (nSPS) is 18.2. The molecule has 7 heteroatoms. The smallest absolute Gasteiger partial charge is 0.254 e. The third-order valence-electron chi connectivity index (χ3n) is 6.92. The molecule has 0 unspecified atom stereocenters. The molecule has 0 bridgehead atoms. The zero-order valence-electron chi connectivity index (χ0n) is 20.3. The van der Waals surface area contributed by atoms with Crippen LogP contribution in [0.5, 0.6) is 17.2 Å². The highest BCUT2D eigenvalue weighted by atomic mass is 16.5. The summed E-state index contributed by atoms with van der Waals surface area (Å²) in [4.78, 5) is 29.6. The van der Waals surface area contributed by atoms with Crippen molar-refractivity contribution in [3.8, 4) is 17.2 Å². The second-order valence-corrected chi connectivity index (χ2v) is 8.86. The molecule has 0 aliphatic carbocycles. The first kappa shape index (κ1) is 22.8. The summed E-state index contributed by atoms with van der Waals surface area (Å²) in [6.07, 6.45) is 0.737. The summed E-state index contributed by atoms with van der Waals surface area (Å²) in [5, 5.41) is 3.08. The summed E-state index contributed by atoms with van der Waals surface area (Å²) < 4.78 is 16.5. The highest BCUT2D eigenvalue weighted by Gasteiger charge is 2.47. The molecule has 7 nitrogen and oxygen atoms in total. The van der Waals surface area contributed by atoms with E-state index < -0.39 is 12.0 Å². The van der Waals surface area contributed by atoms with E-state index in [1.807, 2.05) is 48.2 Å². The fourth-order valence-electron chi connectivity index (χ4n) is 5.26. The van der Waals surface area contributed by atoms with Gasteiger partial charge >= 0.3 is 0 Å². The Morgan fingerprint density at radius 1 is 0.914 bits per heavy atom. The summed E-state index contributed by atoms with van der Waals surface area (Å²) in [6, 6.07) is 16.7. The number of rotatable bonds is 5. The highest BCUT2D eigenvalue weighted by molar-refractivity contribution is 6.05. The van der Waals surface area contributed by atoms with Gasteiger partial charge in [-0.1, -0.05) is 30.3 Å². The largest absolute Gasteiger partial charge is 0.495 e. The van der Waals surface area contributed by atoms with Gasteiger partial charge in [-0.2, -0.15) is 0 Å². The van der Waals surface area contributed by atoms with Crippen molar-refractivity contribution in [2.24, 2.45) is 0 Å². The Hall–Kier alpha value is -4.00. The zero-order chi connectivity index (χ0) is 24.7. The van der Waals surface area contributed by atoms with E-state index in [-0.39, 0.29) is 11.8 Å². The molecule has 2 atom stereocenters. The number of benzene rings is 3. The number of aryl methyl sites for hydroxylation is 1. The van der Waals surface area contributed by atoms with Gasteiger partial charge in [-0.15, -0.1) is 0 Å². The van der Waals surface area contributed by atoms with Gasteiger partial charge in [0, 0.05) is 12.1 Å². The number of hydrogen-bond donors (Lipinski definition) is 1. The predicted octanol–water partition coefficient (Wildman–Crippen LogP) is 4.50. The van der Waals surface area contributed by atoms with Crippen molar-refractivity contribution in [2.75, 3.05) is 33.2 Å². The minimum atomic E-state index is -0.658. The van der Waals surface area contributed by atoms with Crippen LogP contribution in [-0.2, 0) is 11.2 Å². The molecule has 0 saturated carbocycles. The maximum absolute atomic E-state index is 14.1. The fourth-order valence-corrected chi connectivity index (χ4v) is 5.26. The van der Waals surface area contributed by atoms with Crippen molar-refractivity contribution in [1.82, 2.24) is 4.90 Å². The second-order valence-electron chi connectivity index (χ2n) is 8.86. The van der Waals surface area contributed by atoms with Crippen molar-refractivity contribution in [1.29, 1.82) is 0 Å². The van der Waals surface area contributed by atoms with Gasteiger partial charge in [0.25, 0.3) is 5.91 Å². The maximum atomic E-state index is 14.1. The second kappa shape index (κ2) is 8.98. The molecule has 3 aromatic carbocycles. The van der Waals surface area contributed by atoms with Gasteiger partial charge in [-0.3, -0.25) is 9.59 Å². The zero-order valence-corrected chi connectivity index (χ0v) is 20.3. The van der Waals surface area contributed by atoms with Crippen molar-refractivity contribution >= 4 is 17.5 Å². The average Bonchev–Trinajstić information content (AvgIpc) is 2.88. The number of fused-ring (bicyclic) bond motifs is 4. The average molecular weight is 473 g/mol. The van der Waals surface area contributed by atoms with Crippen LogP contribution in [0.3, 0.4) is 0 Å². The summed E-state index contributed by atoms with van der Waals surface area (Å²) >= 11 is 0. The molecule has 1 N–H and O–H groups in total. The SMILES string of the molecule is COc1ccc(C)cc1NC(=O)[C@H]1c2cc(OC)c(OC)cc2C(=O)N2CCc3ccccc3[C@@H]12. The van der Waals surface area contributed by atoms with Crippen molar-refractivity contribution in [3.63, 3.8) is 0 Å². The molecule has 3 aromatic rings. The minimum Gasteiger partial charge on any atom is -0.495 e. The lowest BCUT2D eigenvalue weighted by molar-refractivity contribution is -0.119. The first-order valence-corrected chi connectivity index (χ1v) is 11.6. The van der Waals surface area contributed by atoms with E-state index in [1.165, 1.54) is 7.11 Å². The first-order chi connectivity index (χ1) is 17.0. The van der Waals surface area contributed by atoms with E-state index in [0.717, 1.165) is 23.1 Å². The molecule has 5 rings (SSSR count). The van der Waals surface area contributed by atoms with Gasteiger partial charge in [-0.25, -0.2) is 0 Å². The van der Waals surface area contributed by atoms with Crippen molar-refractivity contribution < 1.29 is 23.8 Å². The summed E-state index contributed by atoms with van der Waals surface area (Å²) in [5.41, 5.74) is 4.80. The Kier molecular flexibility index (Phi) is 5.84. The number of carbonyl (C=O) groups excluding carboxylic acids is 2. The molecule has 0 radical (unpaired) electrons. The molecule has 2 aliphatic heterocycles. The summed E-state index contributed by atoms with van der Waals surface area (Å²) in [6.45, 7) is 2.49. The lowest BCUT2D eigenvalue weighted by atomic mass is 9.75. The van der Waals surface area contributed by atoms with Gasteiger partial charge in [-0.05, 0) is 59.9 Å². The molecule has 0 saturated heterocycles. The summed E-state index contributed by atoms with van der Waals surface area (Å²) in [7, 11) is 4.65. The van der Waals surface area contributed by atoms with Gasteiger partial charge < -0.3 is 24.4 Å². The van der Waals surface area contributed by atoms with Crippen molar-refractivity contribution in [2.45, 2.75) is 25.3 Å². The number of hydrogen-bond acceptors (Lipinski definition) is 5. The van der Waals surface area contributed by atoms with Gasteiger partial charge in [0.05, 0.1) is 39.0 Å². The molecular formula is C28H28N2O5. The van der Waals surface area contributed by atoms with E-state index in [0.29, 0.717) is 40.6 Å². The van der Waals surface area contributed by atoms with Gasteiger partial charge in [0.15, 0.2) is 11.5 Å². The van der Waals surface area contributed by atoms with Crippen molar-refractivity contribution in [3.05, 3.63) is 82.4 Å². The topological polar surface area (TPSA) is 77.1 Å². The Morgan fingerprint density at radius 2 is 1.63 bits per heavy atom. The van der Waals surface area contributed by atoms with Crippen LogP contribution in [0.15, 0.2) is 54.6 Å². The van der Waals surface area contributed by atoms with E-state index in [2.05, 4.69) is 11.4 Å². The number of nitrogens with one attached hydrogen (secondary N) is 1. The Bertz CT molecular complexity index is 1320. The number of nitrogens with zero attached hydrogens (tertiary/aromatic N) is 1. The van der Waals surface area contributed by atoms with Gasteiger partial charge in [0.2, 0.25) is 5.91 Å². The quantitative estimate of drug-likeness (QED) is 0.592. The number of carbonyl (C=O) groups is 2. The lowest BCUT2D eigenvalue weighted by Crippen LogP contribution is -2.49. The monoisotopic (exact) mass is 472 g/mol. The van der Waals surface area contributed by atoms with E-state index in [1.54, 1.807) is 26.4 Å². The third-order valence-corrected chi connectivity index (χ3v) is 6.92. The van der Waals surface area contributed by atoms with Crippen LogP contribution in [-0.4, -0.2) is 44.6 Å². The van der Waals surface area contributed by atoms with Crippen LogP contribution in [0, 0.1) is 6.92 Å². The van der Waals surface area contributed by atoms with Gasteiger partial charge in [0.1, 0.15) is 5.75 Å². The first-order valence-electron chi connectivity index (χ1n) is 11.6. The van der Waals surface area contributed by atoms with Crippen LogP contribution in [0.1, 0.15) is 44.6 Å². The molecule has 0 aromatic heterocycles. The molecule has 2 heterocycles. The van der Waals surface area contributed by atoms with Crippen LogP contribution in [0.2, 0.25) is 0 Å². The standard InChI is InChI=1S/C28H28N2O5/c1-16-9-10-22(33-2)21(13-16)29-27(31)25-19-14-23(34-3)24(35-4)15-20(19)28(32)30-12-11-17-7-5-6-8-18(17)26(25)30/h5-10,13-15,25-26H,11-12H2,1-4H3,(H,29,31)/t25-,26-/m0/s1. The Balaban J connectivity index is 1.69. The molecule has 2 aliphatic rings. The fraction of sp³-hybridized carbons (Fsp3) is 0.286.